The molecule has 1 saturated heterocycles. The van der Waals surface area contributed by atoms with Gasteiger partial charge < -0.3 is 9.84 Å². The molecule has 0 spiro atoms. The van der Waals surface area contributed by atoms with Crippen molar-refractivity contribution >= 4 is 12.0 Å². The fraction of sp³-hybridized carbons (Fsp3) is 0.784. The Hall–Kier alpha value is -1.88. The SMILES string of the molecule is CCCCCCCCCCCCCCCCCC[C@H](C)C[C@H](C)C(O)C(C)C(=O)N1C(=O)OC[C@@H]1Cc1ccccc1. The Kier molecular flexibility index (Phi) is 18.8. The molecule has 1 aliphatic heterocycles. The van der Waals surface area contributed by atoms with Gasteiger partial charge in [-0.3, -0.25) is 4.79 Å². The molecule has 0 bridgehead atoms. The molecule has 5 atom stereocenters. The molecule has 1 aromatic rings. The van der Waals surface area contributed by atoms with Gasteiger partial charge in [0.2, 0.25) is 5.91 Å². The standard InChI is InChI=1S/C37H63NO4/c1-5-6-7-8-9-10-11-12-13-14-15-16-17-18-19-21-24-30(2)27-31(3)35(39)32(4)36(40)38-34(29-42-37(38)41)28-33-25-22-20-23-26-33/h20,22-23,25-26,30-32,34-35,39H,5-19,21,24,27-29H2,1-4H3/t30-,31-,32?,34-,35?/m0/s1. The predicted molar refractivity (Wildman–Crippen MR) is 174 cm³/mol. The molecule has 1 aliphatic rings. The Bertz CT molecular complexity index is 843. The third-order valence-corrected chi connectivity index (χ3v) is 9.32. The van der Waals surface area contributed by atoms with Gasteiger partial charge in [0.05, 0.1) is 18.1 Å². The molecular formula is C37H63NO4. The number of hydrogen-bond acceptors (Lipinski definition) is 4. The summed E-state index contributed by atoms with van der Waals surface area (Å²) in [6.45, 7) is 8.52. The van der Waals surface area contributed by atoms with Gasteiger partial charge in [0, 0.05) is 0 Å². The van der Waals surface area contributed by atoms with Crippen LogP contribution in [0.4, 0.5) is 4.79 Å². The summed E-state index contributed by atoms with van der Waals surface area (Å²) in [5, 5.41) is 11.0. The molecule has 1 heterocycles. The van der Waals surface area contributed by atoms with E-state index in [1.807, 2.05) is 37.3 Å². The number of unbranched alkanes of at least 4 members (excludes halogenated alkanes) is 15. The van der Waals surface area contributed by atoms with E-state index < -0.39 is 18.1 Å². The Morgan fingerprint density at radius 1 is 0.833 bits per heavy atom. The minimum atomic E-state index is -0.781. The number of imide groups is 1. The van der Waals surface area contributed by atoms with Crippen LogP contribution in [-0.4, -0.2) is 40.8 Å². The van der Waals surface area contributed by atoms with Gasteiger partial charge in [0.15, 0.2) is 0 Å². The van der Waals surface area contributed by atoms with Crippen LogP contribution in [0.5, 0.6) is 0 Å². The van der Waals surface area contributed by atoms with Crippen LogP contribution in [0.2, 0.25) is 0 Å². The summed E-state index contributed by atoms with van der Waals surface area (Å²) < 4.78 is 5.23. The molecule has 5 nitrogen and oxygen atoms in total. The highest BCUT2D eigenvalue weighted by Crippen LogP contribution is 2.27. The van der Waals surface area contributed by atoms with Crippen LogP contribution in [0.25, 0.3) is 0 Å². The van der Waals surface area contributed by atoms with E-state index in [-0.39, 0.29) is 24.5 Å². The lowest BCUT2D eigenvalue weighted by molar-refractivity contribution is -0.137. The Balaban J connectivity index is 1.54. The van der Waals surface area contributed by atoms with E-state index in [1.165, 1.54) is 108 Å². The Morgan fingerprint density at radius 2 is 1.33 bits per heavy atom. The maximum atomic E-state index is 13.3. The van der Waals surface area contributed by atoms with Crippen molar-refractivity contribution < 1.29 is 19.4 Å². The van der Waals surface area contributed by atoms with Gasteiger partial charge in [0.1, 0.15) is 6.61 Å². The minimum Gasteiger partial charge on any atom is -0.447 e. The van der Waals surface area contributed by atoms with E-state index in [4.69, 9.17) is 4.74 Å². The smallest absolute Gasteiger partial charge is 0.416 e. The number of nitrogens with zero attached hydrogens (tertiary/aromatic N) is 1. The molecule has 1 N–H and O–H groups in total. The van der Waals surface area contributed by atoms with Gasteiger partial charge in [-0.05, 0) is 30.2 Å². The average Bonchev–Trinajstić information content (AvgIpc) is 3.35. The van der Waals surface area contributed by atoms with Gasteiger partial charge in [-0.2, -0.15) is 0 Å². The monoisotopic (exact) mass is 585 g/mol. The largest absolute Gasteiger partial charge is 0.447 e. The highest BCUT2D eigenvalue weighted by molar-refractivity contribution is 5.95. The zero-order chi connectivity index (χ0) is 30.6. The lowest BCUT2D eigenvalue weighted by Crippen LogP contribution is -2.46. The average molecular weight is 586 g/mol. The Morgan fingerprint density at radius 3 is 1.86 bits per heavy atom. The van der Waals surface area contributed by atoms with E-state index in [1.54, 1.807) is 6.92 Å². The Labute approximate surface area is 258 Å². The molecule has 42 heavy (non-hydrogen) atoms. The van der Waals surface area contributed by atoms with Crippen LogP contribution in [-0.2, 0) is 16.0 Å². The van der Waals surface area contributed by atoms with Gasteiger partial charge >= 0.3 is 6.09 Å². The number of carbonyl (C=O) groups excluding carboxylic acids is 2. The number of carbonyl (C=O) groups is 2. The van der Waals surface area contributed by atoms with Crippen molar-refractivity contribution in [2.75, 3.05) is 6.61 Å². The van der Waals surface area contributed by atoms with Gasteiger partial charge in [-0.15, -0.1) is 0 Å². The van der Waals surface area contributed by atoms with Crippen molar-refractivity contribution in [1.29, 1.82) is 0 Å². The first-order valence-electron chi connectivity index (χ1n) is 17.6. The third-order valence-electron chi connectivity index (χ3n) is 9.32. The summed E-state index contributed by atoms with van der Waals surface area (Å²) in [5.74, 6) is -0.479. The number of cyclic esters (lactones) is 1. The van der Waals surface area contributed by atoms with E-state index in [2.05, 4.69) is 13.8 Å². The summed E-state index contributed by atoms with van der Waals surface area (Å²) in [5.41, 5.74) is 1.06. The first kappa shape index (κ1) is 36.3. The van der Waals surface area contributed by atoms with Crippen molar-refractivity contribution in [2.24, 2.45) is 17.8 Å². The van der Waals surface area contributed by atoms with Crippen LogP contribution in [0.1, 0.15) is 149 Å². The normalized spacial score (nSPS) is 18.1. The number of hydrogen-bond donors (Lipinski definition) is 1. The molecule has 2 rings (SSSR count). The highest BCUT2D eigenvalue weighted by Gasteiger charge is 2.42. The maximum absolute atomic E-state index is 13.3. The molecule has 0 radical (unpaired) electrons. The van der Waals surface area contributed by atoms with Gasteiger partial charge in [-0.25, -0.2) is 9.69 Å². The second-order valence-electron chi connectivity index (χ2n) is 13.3. The molecule has 1 aromatic carbocycles. The van der Waals surface area contributed by atoms with Crippen LogP contribution >= 0.6 is 0 Å². The molecule has 2 unspecified atom stereocenters. The molecule has 0 saturated carbocycles. The van der Waals surface area contributed by atoms with E-state index in [9.17, 15) is 14.7 Å². The quantitative estimate of drug-likeness (QED) is 0.123. The maximum Gasteiger partial charge on any atom is 0.416 e. The first-order chi connectivity index (χ1) is 20.3. The molecule has 5 heteroatoms. The van der Waals surface area contributed by atoms with Crippen molar-refractivity contribution in [3.05, 3.63) is 35.9 Å². The fourth-order valence-electron chi connectivity index (χ4n) is 6.56. The topological polar surface area (TPSA) is 66.8 Å². The van der Waals surface area contributed by atoms with Crippen molar-refractivity contribution in [3.63, 3.8) is 0 Å². The second-order valence-corrected chi connectivity index (χ2v) is 13.3. The molecule has 0 aromatic heterocycles. The number of aliphatic hydroxyl groups excluding tert-OH is 1. The predicted octanol–water partition coefficient (Wildman–Crippen LogP) is 9.89. The van der Waals surface area contributed by atoms with Crippen molar-refractivity contribution in [3.8, 4) is 0 Å². The molecule has 240 valence electrons. The van der Waals surface area contributed by atoms with Gasteiger partial charge in [0.25, 0.3) is 0 Å². The summed E-state index contributed by atoms with van der Waals surface area (Å²) in [6, 6.07) is 9.51. The first-order valence-corrected chi connectivity index (χ1v) is 17.6. The lowest BCUT2D eigenvalue weighted by atomic mass is 9.84. The number of benzene rings is 1. The zero-order valence-corrected chi connectivity index (χ0v) is 27.5. The van der Waals surface area contributed by atoms with Gasteiger partial charge in [-0.1, -0.05) is 167 Å². The zero-order valence-electron chi connectivity index (χ0n) is 27.5. The van der Waals surface area contributed by atoms with Crippen molar-refractivity contribution in [1.82, 2.24) is 4.90 Å². The number of ether oxygens (including phenoxy) is 1. The van der Waals surface area contributed by atoms with Crippen molar-refractivity contribution in [2.45, 2.75) is 162 Å². The molecule has 0 aliphatic carbocycles. The number of rotatable bonds is 24. The summed E-state index contributed by atoms with van der Waals surface area (Å²) in [7, 11) is 0. The van der Waals surface area contributed by atoms with E-state index in [0.29, 0.717) is 12.3 Å². The summed E-state index contributed by atoms with van der Waals surface area (Å²) >= 11 is 0. The fourth-order valence-corrected chi connectivity index (χ4v) is 6.56. The van der Waals surface area contributed by atoms with Crippen LogP contribution in [0, 0.1) is 17.8 Å². The van der Waals surface area contributed by atoms with Crippen LogP contribution < -0.4 is 0 Å². The second kappa shape index (κ2) is 21.8. The molecule has 2 amide bonds. The van der Waals surface area contributed by atoms with Crippen LogP contribution in [0.15, 0.2) is 30.3 Å². The minimum absolute atomic E-state index is 0.00814. The lowest BCUT2D eigenvalue weighted by Gasteiger charge is -2.29. The highest BCUT2D eigenvalue weighted by atomic mass is 16.6. The summed E-state index contributed by atoms with van der Waals surface area (Å²) in [6.07, 6.45) is 23.3. The third kappa shape index (κ3) is 14.1. The number of aliphatic hydroxyl groups is 1. The molecule has 1 fully saturated rings. The van der Waals surface area contributed by atoms with E-state index in [0.717, 1.165) is 18.4 Å². The van der Waals surface area contributed by atoms with E-state index >= 15 is 0 Å². The van der Waals surface area contributed by atoms with Crippen LogP contribution in [0.3, 0.4) is 0 Å². The summed E-state index contributed by atoms with van der Waals surface area (Å²) in [4.78, 5) is 27.0. The molecular weight excluding hydrogens is 522 g/mol. The number of amides is 2.